The summed E-state index contributed by atoms with van der Waals surface area (Å²) < 4.78 is 10.6. The van der Waals surface area contributed by atoms with E-state index in [0.29, 0.717) is 19.0 Å². The average Bonchev–Trinajstić information content (AvgIpc) is 2.47. The van der Waals surface area contributed by atoms with Gasteiger partial charge >= 0.3 is 5.97 Å². The standard InChI is InChI=1S/C16H23NO4/c1-11-6-13(16(18)19)10-17(8-11)9-12-4-5-14(20-2)7-15(12)21-3/h4-5,7,11,13H,6,8-10H2,1-3H3,(H,18,19). The molecular weight excluding hydrogens is 270 g/mol. The zero-order valence-corrected chi connectivity index (χ0v) is 12.8. The van der Waals surface area contributed by atoms with Gasteiger partial charge in [0, 0.05) is 31.3 Å². The molecule has 0 aromatic heterocycles. The summed E-state index contributed by atoms with van der Waals surface area (Å²) in [5.41, 5.74) is 1.05. The molecule has 0 radical (unpaired) electrons. The number of piperidine rings is 1. The van der Waals surface area contributed by atoms with Gasteiger partial charge in [-0.15, -0.1) is 0 Å². The van der Waals surface area contributed by atoms with Crippen LogP contribution >= 0.6 is 0 Å². The molecule has 116 valence electrons. The van der Waals surface area contributed by atoms with Gasteiger partial charge in [-0.05, 0) is 18.4 Å². The van der Waals surface area contributed by atoms with Gasteiger partial charge in [-0.2, -0.15) is 0 Å². The molecule has 1 aromatic rings. The first kappa shape index (κ1) is 15.6. The van der Waals surface area contributed by atoms with Crippen LogP contribution in [0.15, 0.2) is 18.2 Å². The third-order valence-corrected chi connectivity index (χ3v) is 3.97. The lowest BCUT2D eigenvalue weighted by Crippen LogP contribution is -2.42. The predicted molar refractivity (Wildman–Crippen MR) is 79.7 cm³/mol. The third kappa shape index (κ3) is 3.88. The normalized spacial score (nSPS) is 22.8. The zero-order valence-electron chi connectivity index (χ0n) is 12.8. The Morgan fingerprint density at radius 1 is 1.33 bits per heavy atom. The van der Waals surface area contributed by atoms with Crippen molar-refractivity contribution < 1.29 is 19.4 Å². The van der Waals surface area contributed by atoms with E-state index in [-0.39, 0.29) is 5.92 Å². The number of carboxylic acids is 1. The van der Waals surface area contributed by atoms with Crippen molar-refractivity contribution in [3.8, 4) is 11.5 Å². The summed E-state index contributed by atoms with van der Waals surface area (Å²) in [4.78, 5) is 13.4. The molecule has 5 nitrogen and oxygen atoms in total. The fourth-order valence-corrected chi connectivity index (χ4v) is 2.99. The van der Waals surface area contributed by atoms with E-state index in [4.69, 9.17) is 9.47 Å². The fraction of sp³-hybridized carbons (Fsp3) is 0.562. The Bertz CT molecular complexity index is 503. The number of methoxy groups -OCH3 is 2. The number of benzene rings is 1. The second-order valence-corrected chi connectivity index (χ2v) is 5.75. The molecule has 1 heterocycles. The Labute approximate surface area is 125 Å². The molecule has 1 fully saturated rings. The number of hydrogen-bond acceptors (Lipinski definition) is 4. The van der Waals surface area contributed by atoms with E-state index in [0.717, 1.165) is 30.0 Å². The van der Waals surface area contributed by atoms with Gasteiger partial charge in [0.1, 0.15) is 11.5 Å². The van der Waals surface area contributed by atoms with Crippen molar-refractivity contribution in [2.45, 2.75) is 19.9 Å². The molecule has 2 unspecified atom stereocenters. The van der Waals surface area contributed by atoms with Crippen molar-refractivity contribution >= 4 is 5.97 Å². The lowest BCUT2D eigenvalue weighted by Gasteiger charge is -2.34. The highest BCUT2D eigenvalue weighted by atomic mass is 16.5. The first-order chi connectivity index (χ1) is 10.0. The lowest BCUT2D eigenvalue weighted by atomic mass is 9.90. The highest BCUT2D eigenvalue weighted by molar-refractivity contribution is 5.70. The van der Waals surface area contributed by atoms with Gasteiger partial charge < -0.3 is 14.6 Å². The Hall–Kier alpha value is -1.75. The number of likely N-dealkylation sites (tertiary alicyclic amines) is 1. The Kier molecular flexibility index (Phi) is 5.07. The molecule has 2 atom stereocenters. The second-order valence-electron chi connectivity index (χ2n) is 5.75. The van der Waals surface area contributed by atoms with E-state index in [1.165, 1.54) is 0 Å². The summed E-state index contributed by atoms with van der Waals surface area (Å²) in [6.45, 7) is 4.31. The van der Waals surface area contributed by atoms with Crippen molar-refractivity contribution in [1.82, 2.24) is 4.90 Å². The highest BCUT2D eigenvalue weighted by Gasteiger charge is 2.29. The maximum absolute atomic E-state index is 11.2. The Morgan fingerprint density at radius 2 is 2.10 bits per heavy atom. The van der Waals surface area contributed by atoms with Crippen LogP contribution in [0.4, 0.5) is 0 Å². The number of hydrogen-bond donors (Lipinski definition) is 1. The van der Waals surface area contributed by atoms with Crippen LogP contribution in [0.3, 0.4) is 0 Å². The van der Waals surface area contributed by atoms with Crippen molar-refractivity contribution in [3.05, 3.63) is 23.8 Å². The summed E-state index contributed by atoms with van der Waals surface area (Å²) >= 11 is 0. The van der Waals surface area contributed by atoms with Gasteiger partial charge in [0.25, 0.3) is 0 Å². The first-order valence-electron chi connectivity index (χ1n) is 7.19. The predicted octanol–water partition coefficient (Wildman–Crippen LogP) is 2.25. The molecule has 1 saturated heterocycles. The number of aliphatic carboxylic acids is 1. The van der Waals surface area contributed by atoms with Gasteiger partial charge in [-0.1, -0.05) is 13.0 Å². The van der Waals surface area contributed by atoms with Crippen LogP contribution in [0.2, 0.25) is 0 Å². The van der Waals surface area contributed by atoms with Crippen molar-refractivity contribution in [1.29, 1.82) is 0 Å². The van der Waals surface area contributed by atoms with Crippen LogP contribution < -0.4 is 9.47 Å². The molecule has 1 aliphatic heterocycles. The number of nitrogens with zero attached hydrogens (tertiary/aromatic N) is 1. The van der Waals surface area contributed by atoms with Gasteiger partial charge in [-0.3, -0.25) is 9.69 Å². The smallest absolute Gasteiger partial charge is 0.307 e. The summed E-state index contributed by atoms with van der Waals surface area (Å²) in [5.74, 6) is 0.945. The SMILES string of the molecule is COc1ccc(CN2CC(C)CC(C(=O)O)C2)c(OC)c1. The van der Waals surface area contributed by atoms with Crippen LogP contribution in [0.5, 0.6) is 11.5 Å². The van der Waals surface area contributed by atoms with Gasteiger partial charge in [0.15, 0.2) is 0 Å². The van der Waals surface area contributed by atoms with Crippen LogP contribution in [-0.4, -0.2) is 43.3 Å². The fourth-order valence-electron chi connectivity index (χ4n) is 2.99. The van der Waals surface area contributed by atoms with E-state index in [9.17, 15) is 9.90 Å². The zero-order chi connectivity index (χ0) is 15.4. The van der Waals surface area contributed by atoms with E-state index >= 15 is 0 Å². The average molecular weight is 293 g/mol. The van der Waals surface area contributed by atoms with Crippen LogP contribution in [-0.2, 0) is 11.3 Å². The molecule has 1 aliphatic rings. The lowest BCUT2D eigenvalue weighted by molar-refractivity contribution is -0.144. The van der Waals surface area contributed by atoms with Crippen molar-refractivity contribution in [3.63, 3.8) is 0 Å². The summed E-state index contributed by atoms with van der Waals surface area (Å²) in [5, 5.41) is 9.24. The summed E-state index contributed by atoms with van der Waals surface area (Å²) in [7, 11) is 3.26. The number of carboxylic acid groups (broad SMARTS) is 1. The molecule has 5 heteroatoms. The minimum absolute atomic E-state index is 0.280. The van der Waals surface area contributed by atoms with Crippen LogP contribution in [0, 0.1) is 11.8 Å². The van der Waals surface area contributed by atoms with Gasteiger partial charge in [-0.25, -0.2) is 0 Å². The number of ether oxygens (including phenoxy) is 2. The molecule has 0 spiro atoms. The maximum atomic E-state index is 11.2. The van der Waals surface area contributed by atoms with E-state index in [2.05, 4.69) is 11.8 Å². The van der Waals surface area contributed by atoms with Crippen LogP contribution in [0.25, 0.3) is 0 Å². The minimum Gasteiger partial charge on any atom is -0.497 e. The molecule has 1 aromatic carbocycles. The van der Waals surface area contributed by atoms with Crippen molar-refractivity contribution in [2.24, 2.45) is 11.8 Å². The quantitative estimate of drug-likeness (QED) is 0.902. The van der Waals surface area contributed by atoms with Gasteiger partial charge in [0.05, 0.1) is 20.1 Å². The minimum atomic E-state index is -0.701. The molecule has 0 bridgehead atoms. The highest BCUT2D eigenvalue weighted by Crippen LogP contribution is 2.28. The monoisotopic (exact) mass is 293 g/mol. The van der Waals surface area contributed by atoms with E-state index in [1.807, 2.05) is 18.2 Å². The molecule has 0 aliphatic carbocycles. The summed E-state index contributed by atoms with van der Waals surface area (Å²) in [6.07, 6.45) is 0.756. The molecule has 21 heavy (non-hydrogen) atoms. The molecule has 0 saturated carbocycles. The largest absolute Gasteiger partial charge is 0.497 e. The third-order valence-electron chi connectivity index (χ3n) is 3.97. The molecular formula is C16H23NO4. The Balaban J connectivity index is 2.11. The van der Waals surface area contributed by atoms with Crippen LogP contribution in [0.1, 0.15) is 18.9 Å². The molecule has 1 N–H and O–H groups in total. The summed E-state index contributed by atoms with van der Waals surface area (Å²) in [6, 6.07) is 5.74. The van der Waals surface area contributed by atoms with E-state index in [1.54, 1.807) is 14.2 Å². The number of carbonyl (C=O) groups is 1. The molecule has 0 amide bonds. The van der Waals surface area contributed by atoms with Gasteiger partial charge in [0.2, 0.25) is 0 Å². The number of rotatable bonds is 5. The van der Waals surface area contributed by atoms with Crippen molar-refractivity contribution in [2.75, 3.05) is 27.3 Å². The first-order valence-corrected chi connectivity index (χ1v) is 7.19. The van der Waals surface area contributed by atoms with E-state index < -0.39 is 5.97 Å². The Morgan fingerprint density at radius 3 is 2.71 bits per heavy atom. The topological polar surface area (TPSA) is 59.0 Å². The maximum Gasteiger partial charge on any atom is 0.307 e. The molecule has 2 rings (SSSR count). The second kappa shape index (κ2) is 6.80.